The normalized spacial score (nSPS) is 12.9. The highest BCUT2D eigenvalue weighted by atomic mass is 15.2. The molecule has 0 aromatic carbocycles. The van der Waals surface area contributed by atoms with Crippen LogP contribution in [0.15, 0.2) is 18.3 Å². The highest BCUT2D eigenvalue weighted by Crippen LogP contribution is 2.16. The monoisotopic (exact) mass is 221 g/mol. The van der Waals surface area contributed by atoms with E-state index in [9.17, 15) is 0 Å². The summed E-state index contributed by atoms with van der Waals surface area (Å²) in [5.74, 6) is 1.03. The molecule has 0 bridgehead atoms. The Kier molecular flexibility index (Phi) is 4.74. The molecule has 1 N–H and O–H groups in total. The minimum atomic E-state index is 0.371. The Morgan fingerprint density at radius 1 is 1.31 bits per heavy atom. The predicted octanol–water partition coefficient (Wildman–Crippen LogP) is 2.60. The van der Waals surface area contributed by atoms with E-state index >= 15 is 0 Å². The van der Waals surface area contributed by atoms with Gasteiger partial charge in [0.15, 0.2) is 0 Å². The fourth-order valence-corrected chi connectivity index (χ4v) is 1.55. The van der Waals surface area contributed by atoms with Gasteiger partial charge in [-0.1, -0.05) is 13.0 Å². The Morgan fingerprint density at radius 2 is 2.00 bits per heavy atom. The van der Waals surface area contributed by atoms with Crippen LogP contribution in [0, 0.1) is 0 Å². The van der Waals surface area contributed by atoms with Crippen LogP contribution in [-0.4, -0.2) is 24.6 Å². The van der Waals surface area contributed by atoms with Gasteiger partial charge in [-0.25, -0.2) is 4.98 Å². The molecule has 1 aromatic heterocycles. The van der Waals surface area contributed by atoms with Crippen molar-refractivity contribution in [1.82, 2.24) is 10.3 Å². The molecule has 3 nitrogen and oxygen atoms in total. The van der Waals surface area contributed by atoms with E-state index in [0.29, 0.717) is 12.1 Å². The molecule has 3 heteroatoms. The molecule has 0 saturated carbocycles. The number of nitrogens with zero attached hydrogens (tertiary/aromatic N) is 2. The summed E-state index contributed by atoms with van der Waals surface area (Å²) in [7, 11) is 2.07. The van der Waals surface area contributed by atoms with E-state index in [1.807, 2.05) is 6.20 Å². The van der Waals surface area contributed by atoms with Gasteiger partial charge in [-0.05, 0) is 38.9 Å². The van der Waals surface area contributed by atoms with Crippen molar-refractivity contribution in [3.05, 3.63) is 23.9 Å². The number of rotatable bonds is 5. The van der Waals surface area contributed by atoms with E-state index in [4.69, 9.17) is 0 Å². The van der Waals surface area contributed by atoms with Crippen molar-refractivity contribution in [3.63, 3.8) is 0 Å². The van der Waals surface area contributed by atoms with Crippen molar-refractivity contribution < 1.29 is 0 Å². The first-order chi connectivity index (χ1) is 7.56. The number of anilines is 1. The molecule has 1 rings (SSSR count). The van der Waals surface area contributed by atoms with E-state index in [2.05, 4.69) is 62.1 Å². The molecule has 0 aliphatic rings. The second-order valence-corrected chi connectivity index (χ2v) is 4.43. The van der Waals surface area contributed by atoms with Crippen LogP contribution in [0.4, 0.5) is 5.82 Å². The predicted molar refractivity (Wildman–Crippen MR) is 69.9 cm³/mol. The average molecular weight is 221 g/mol. The molecule has 1 heterocycles. The zero-order valence-electron chi connectivity index (χ0n) is 11.0. The number of nitrogens with one attached hydrogen (secondary N) is 1. The highest BCUT2D eigenvalue weighted by molar-refractivity contribution is 5.39. The van der Waals surface area contributed by atoms with Gasteiger partial charge in [0.05, 0.1) is 0 Å². The first-order valence-electron chi connectivity index (χ1n) is 5.98. The summed E-state index contributed by atoms with van der Waals surface area (Å²) in [5, 5.41) is 3.38. The largest absolute Gasteiger partial charge is 0.357 e. The summed E-state index contributed by atoms with van der Waals surface area (Å²) in [6.45, 7) is 9.58. The minimum absolute atomic E-state index is 0.371. The lowest BCUT2D eigenvalue weighted by molar-refractivity contribution is 0.596. The fraction of sp³-hybridized carbons (Fsp3) is 0.615. The maximum Gasteiger partial charge on any atom is 0.128 e. The van der Waals surface area contributed by atoms with Gasteiger partial charge in [-0.3, -0.25) is 0 Å². The van der Waals surface area contributed by atoms with E-state index in [0.717, 1.165) is 12.4 Å². The van der Waals surface area contributed by atoms with Crippen LogP contribution in [-0.2, 0) is 0 Å². The molecular formula is C13H23N3. The standard InChI is InChI=1S/C13H23N3/c1-6-14-11(4)12-7-8-13(15-9-12)16(5)10(2)3/h7-11,14H,6H2,1-5H3. The van der Waals surface area contributed by atoms with Crippen molar-refractivity contribution >= 4 is 5.82 Å². The van der Waals surface area contributed by atoms with E-state index in [1.165, 1.54) is 5.56 Å². The second-order valence-electron chi connectivity index (χ2n) is 4.43. The average Bonchev–Trinajstić information content (AvgIpc) is 2.28. The van der Waals surface area contributed by atoms with E-state index in [1.54, 1.807) is 0 Å². The topological polar surface area (TPSA) is 28.2 Å². The van der Waals surface area contributed by atoms with E-state index in [-0.39, 0.29) is 0 Å². The van der Waals surface area contributed by atoms with Crippen molar-refractivity contribution in [2.75, 3.05) is 18.5 Å². The van der Waals surface area contributed by atoms with Crippen molar-refractivity contribution in [2.45, 2.75) is 39.8 Å². The molecular weight excluding hydrogens is 198 g/mol. The van der Waals surface area contributed by atoms with Crippen molar-refractivity contribution in [1.29, 1.82) is 0 Å². The fourth-order valence-electron chi connectivity index (χ4n) is 1.55. The van der Waals surface area contributed by atoms with Gasteiger partial charge in [0.1, 0.15) is 5.82 Å². The quantitative estimate of drug-likeness (QED) is 0.828. The smallest absolute Gasteiger partial charge is 0.128 e. The van der Waals surface area contributed by atoms with Crippen LogP contribution in [0.5, 0.6) is 0 Å². The molecule has 0 spiro atoms. The third-order valence-corrected chi connectivity index (χ3v) is 2.92. The summed E-state index contributed by atoms with van der Waals surface area (Å²) in [5.41, 5.74) is 1.24. The highest BCUT2D eigenvalue weighted by Gasteiger charge is 2.08. The Bertz CT molecular complexity index is 305. The molecule has 90 valence electrons. The first kappa shape index (κ1) is 13.0. The van der Waals surface area contributed by atoms with Crippen LogP contribution in [0.1, 0.15) is 39.3 Å². The Morgan fingerprint density at radius 3 is 2.44 bits per heavy atom. The van der Waals surface area contributed by atoms with Crippen LogP contribution in [0.25, 0.3) is 0 Å². The molecule has 0 fully saturated rings. The lowest BCUT2D eigenvalue weighted by Crippen LogP contribution is -2.26. The van der Waals surface area contributed by atoms with Gasteiger partial charge in [0, 0.05) is 25.3 Å². The Balaban J connectivity index is 2.74. The summed E-state index contributed by atoms with van der Waals surface area (Å²) in [4.78, 5) is 6.66. The van der Waals surface area contributed by atoms with Gasteiger partial charge in [-0.2, -0.15) is 0 Å². The third kappa shape index (κ3) is 3.20. The molecule has 1 aromatic rings. The maximum atomic E-state index is 4.49. The van der Waals surface area contributed by atoms with Gasteiger partial charge < -0.3 is 10.2 Å². The van der Waals surface area contributed by atoms with Crippen LogP contribution < -0.4 is 10.2 Å². The van der Waals surface area contributed by atoms with Crippen LogP contribution in [0.2, 0.25) is 0 Å². The van der Waals surface area contributed by atoms with Crippen LogP contribution >= 0.6 is 0 Å². The molecule has 0 aliphatic carbocycles. The third-order valence-electron chi connectivity index (χ3n) is 2.92. The summed E-state index contributed by atoms with van der Waals surface area (Å²) in [6, 6.07) is 5.08. The minimum Gasteiger partial charge on any atom is -0.357 e. The molecule has 0 radical (unpaired) electrons. The zero-order chi connectivity index (χ0) is 12.1. The van der Waals surface area contributed by atoms with Gasteiger partial charge in [-0.15, -0.1) is 0 Å². The Hall–Kier alpha value is -1.09. The SMILES string of the molecule is CCNC(C)c1ccc(N(C)C(C)C)nc1. The van der Waals surface area contributed by atoms with Crippen LogP contribution in [0.3, 0.4) is 0 Å². The summed E-state index contributed by atoms with van der Waals surface area (Å²) >= 11 is 0. The summed E-state index contributed by atoms with van der Waals surface area (Å²) in [6.07, 6.45) is 1.96. The number of hydrogen-bond acceptors (Lipinski definition) is 3. The molecule has 0 aliphatic heterocycles. The molecule has 16 heavy (non-hydrogen) atoms. The maximum absolute atomic E-state index is 4.49. The van der Waals surface area contributed by atoms with Crippen molar-refractivity contribution in [2.24, 2.45) is 0 Å². The molecule has 1 atom stereocenters. The van der Waals surface area contributed by atoms with Gasteiger partial charge in [0.2, 0.25) is 0 Å². The second kappa shape index (κ2) is 5.85. The zero-order valence-corrected chi connectivity index (χ0v) is 11.0. The molecule has 0 amide bonds. The lowest BCUT2D eigenvalue weighted by Gasteiger charge is -2.23. The Labute approximate surface area is 98.9 Å². The number of aromatic nitrogens is 1. The van der Waals surface area contributed by atoms with Crippen molar-refractivity contribution in [3.8, 4) is 0 Å². The van der Waals surface area contributed by atoms with Gasteiger partial charge >= 0.3 is 0 Å². The number of hydrogen-bond donors (Lipinski definition) is 1. The molecule has 1 unspecified atom stereocenters. The number of pyridine rings is 1. The summed E-state index contributed by atoms with van der Waals surface area (Å²) < 4.78 is 0. The van der Waals surface area contributed by atoms with Gasteiger partial charge in [0.25, 0.3) is 0 Å². The molecule has 0 saturated heterocycles. The first-order valence-corrected chi connectivity index (χ1v) is 5.98. The van der Waals surface area contributed by atoms with E-state index < -0.39 is 0 Å². The lowest BCUT2D eigenvalue weighted by atomic mass is 10.1.